The summed E-state index contributed by atoms with van der Waals surface area (Å²) in [4.78, 5) is 0.205. The highest BCUT2D eigenvalue weighted by Gasteiger charge is 2.44. The second-order valence-electron chi connectivity index (χ2n) is 7.37. The van der Waals surface area contributed by atoms with Gasteiger partial charge in [-0.25, -0.2) is 8.42 Å². The Balaban J connectivity index is 1.57. The highest BCUT2D eigenvalue weighted by Crippen LogP contribution is 2.54. The quantitative estimate of drug-likeness (QED) is 0.641. The van der Waals surface area contributed by atoms with Gasteiger partial charge in [0.1, 0.15) is 0 Å². The molecule has 0 amide bonds. The minimum absolute atomic E-state index is 0.0902. The molecule has 0 heterocycles. The molecule has 0 aliphatic heterocycles. The van der Waals surface area contributed by atoms with Gasteiger partial charge in [-0.3, -0.25) is 4.72 Å². The standard InChI is InChI=1S/C23H23NO3S/c1-16-11-13-18(14-12-16)28(26,27)24-22-10-6-5-9-19(22)23(25)21-15-20(21)17-7-3-2-4-8-17/h2-14,20-21,23-25H,15H2,1H3. The van der Waals surface area contributed by atoms with Crippen molar-refractivity contribution in [3.05, 3.63) is 95.6 Å². The Bertz CT molecular complexity index is 1060. The van der Waals surface area contributed by atoms with E-state index in [1.807, 2.05) is 31.2 Å². The Kier molecular flexibility index (Phi) is 4.96. The van der Waals surface area contributed by atoms with E-state index in [1.54, 1.807) is 42.5 Å². The van der Waals surface area contributed by atoms with Crippen molar-refractivity contribution in [3.63, 3.8) is 0 Å². The molecule has 4 rings (SSSR count). The maximum absolute atomic E-state index is 12.8. The number of hydrogen-bond acceptors (Lipinski definition) is 3. The first-order chi connectivity index (χ1) is 13.5. The van der Waals surface area contributed by atoms with Gasteiger partial charge in [-0.1, -0.05) is 66.2 Å². The predicted octanol–water partition coefficient (Wildman–Crippen LogP) is 4.63. The van der Waals surface area contributed by atoms with E-state index in [1.165, 1.54) is 5.56 Å². The molecule has 1 aliphatic carbocycles. The van der Waals surface area contributed by atoms with Crippen LogP contribution in [-0.2, 0) is 10.0 Å². The van der Waals surface area contributed by atoms with Crippen LogP contribution in [-0.4, -0.2) is 13.5 Å². The number of aryl methyl sites for hydroxylation is 1. The molecule has 0 aromatic heterocycles. The van der Waals surface area contributed by atoms with Crippen LogP contribution >= 0.6 is 0 Å². The lowest BCUT2D eigenvalue weighted by Crippen LogP contribution is -2.15. The first kappa shape index (κ1) is 18.7. The van der Waals surface area contributed by atoms with E-state index in [0.29, 0.717) is 17.2 Å². The molecule has 0 radical (unpaired) electrons. The second kappa shape index (κ2) is 7.41. The van der Waals surface area contributed by atoms with Crippen molar-refractivity contribution in [2.75, 3.05) is 4.72 Å². The summed E-state index contributed by atoms with van der Waals surface area (Å²) in [6, 6.07) is 23.9. The Hall–Kier alpha value is -2.63. The number of aliphatic hydroxyl groups is 1. The van der Waals surface area contributed by atoms with E-state index < -0.39 is 16.1 Å². The lowest BCUT2D eigenvalue weighted by atomic mass is 10.00. The van der Waals surface area contributed by atoms with Gasteiger partial charge in [-0.15, -0.1) is 0 Å². The van der Waals surface area contributed by atoms with Gasteiger partial charge in [0.05, 0.1) is 16.7 Å². The molecule has 3 aromatic rings. The van der Waals surface area contributed by atoms with Crippen LogP contribution in [0.3, 0.4) is 0 Å². The van der Waals surface area contributed by atoms with Gasteiger partial charge in [0, 0.05) is 5.56 Å². The molecule has 28 heavy (non-hydrogen) atoms. The van der Waals surface area contributed by atoms with Crippen molar-refractivity contribution in [2.24, 2.45) is 5.92 Å². The molecule has 144 valence electrons. The molecule has 0 spiro atoms. The fraction of sp³-hybridized carbons (Fsp3) is 0.217. The van der Waals surface area contributed by atoms with Crippen LogP contribution in [0.1, 0.15) is 35.1 Å². The molecule has 3 aromatic carbocycles. The second-order valence-corrected chi connectivity index (χ2v) is 9.05. The molecule has 0 saturated heterocycles. The van der Waals surface area contributed by atoms with Gasteiger partial charge < -0.3 is 5.11 Å². The zero-order chi connectivity index (χ0) is 19.7. The highest BCUT2D eigenvalue weighted by molar-refractivity contribution is 7.92. The zero-order valence-electron chi connectivity index (χ0n) is 15.6. The van der Waals surface area contributed by atoms with Crippen LogP contribution < -0.4 is 4.72 Å². The predicted molar refractivity (Wildman–Crippen MR) is 111 cm³/mol. The van der Waals surface area contributed by atoms with Gasteiger partial charge in [0.15, 0.2) is 0 Å². The normalized spacial score (nSPS) is 19.8. The molecule has 3 atom stereocenters. The zero-order valence-corrected chi connectivity index (χ0v) is 16.4. The molecule has 1 aliphatic rings. The maximum Gasteiger partial charge on any atom is 0.261 e. The number of aliphatic hydroxyl groups excluding tert-OH is 1. The summed E-state index contributed by atoms with van der Waals surface area (Å²) in [5.74, 6) is 0.394. The average molecular weight is 394 g/mol. The SMILES string of the molecule is Cc1ccc(S(=O)(=O)Nc2ccccc2C(O)C2CC2c2ccccc2)cc1. The lowest BCUT2D eigenvalue weighted by Gasteiger charge is -2.17. The molecule has 0 bridgehead atoms. The van der Waals surface area contributed by atoms with Crippen molar-refractivity contribution >= 4 is 15.7 Å². The molecular formula is C23H23NO3S. The third-order valence-electron chi connectivity index (χ3n) is 5.33. The van der Waals surface area contributed by atoms with Crippen molar-refractivity contribution in [1.29, 1.82) is 0 Å². The smallest absolute Gasteiger partial charge is 0.261 e. The van der Waals surface area contributed by atoms with Gasteiger partial charge in [0.2, 0.25) is 0 Å². The third kappa shape index (κ3) is 3.81. The van der Waals surface area contributed by atoms with E-state index in [2.05, 4.69) is 16.9 Å². The van der Waals surface area contributed by atoms with Crippen LogP contribution in [0.5, 0.6) is 0 Å². The Labute approximate surface area is 165 Å². The Morgan fingerprint density at radius 3 is 2.29 bits per heavy atom. The number of benzene rings is 3. The number of hydrogen-bond donors (Lipinski definition) is 2. The molecule has 1 fully saturated rings. The van der Waals surface area contributed by atoms with Crippen molar-refractivity contribution < 1.29 is 13.5 Å². The number of nitrogens with one attached hydrogen (secondary N) is 1. The third-order valence-corrected chi connectivity index (χ3v) is 6.71. The largest absolute Gasteiger partial charge is 0.388 e. The van der Waals surface area contributed by atoms with Crippen LogP contribution in [0.25, 0.3) is 0 Å². The van der Waals surface area contributed by atoms with Gasteiger partial charge in [-0.05, 0) is 48.9 Å². The summed E-state index contributed by atoms with van der Waals surface area (Å²) in [6.45, 7) is 1.91. The van der Waals surface area contributed by atoms with Gasteiger partial charge in [-0.2, -0.15) is 0 Å². The van der Waals surface area contributed by atoms with E-state index in [4.69, 9.17) is 0 Å². The van der Waals surface area contributed by atoms with Gasteiger partial charge >= 0.3 is 0 Å². The number of anilines is 1. The molecule has 5 heteroatoms. The van der Waals surface area contributed by atoms with Crippen LogP contribution in [0.15, 0.2) is 83.8 Å². The summed E-state index contributed by atoms with van der Waals surface area (Å²) >= 11 is 0. The van der Waals surface area contributed by atoms with Crippen LogP contribution in [0.2, 0.25) is 0 Å². The lowest BCUT2D eigenvalue weighted by molar-refractivity contribution is 0.152. The van der Waals surface area contributed by atoms with Crippen LogP contribution in [0.4, 0.5) is 5.69 Å². The van der Waals surface area contributed by atoms with E-state index in [9.17, 15) is 13.5 Å². The summed E-state index contributed by atoms with van der Waals surface area (Å²) < 4.78 is 28.2. The summed E-state index contributed by atoms with van der Waals surface area (Å²) in [5, 5.41) is 10.9. The van der Waals surface area contributed by atoms with Crippen molar-refractivity contribution in [1.82, 2.24) is 0 Å². The van der Waals surface area contributed by atoms with Crippen molar-refractivity contribution in [3.8, 4) is 0 Å². The number of sulfonamides is 1. The summed E-state index contributed by atoms with van der Waals surface area (Å²) in [7, 11) is -3.72. The molecule has 2 N–H and O–H groups in total. The van der Waals surface area contributed by atoms with Crippen molar-refractivity contribution in [2.45, 2.75) is 30.3 Å². The minimum Gasteiger partial charge on any atom is -0.388 e. The molecule has 4 nitrogen and oxygen atoms in total. The fourth-order valence-electron chi connectivity index (χ4n) is 3.65. The van der Waals surface area contributed by atoms with E-state index in [0.717, 1.165) is 12.0 Å². The minimum atomic E-state index is -3.72. The first-order valence-corrected chi connectivity index (χ1v) is 10.9. The van der Waals surface area contributed by atoms with Gasteiger partial charge in [0.25, 0.3) is 10.0 Å². The van der Waals surface area contributed by atoms with Crippen LogP contribution in [0, 0.1) is 12.8 Å². The number of rotatable bonds is 6. The Morgan fingerprint density at radius 1 is 0.929 bits per heavy atom. The monoisotopic (exact) mass is 393 g/mol. The fourth-order valence-corrected chi connectivity index (χ4v) is 4.73. The summed E-state index contributed by atoms with van der Waals surface area (Å²) in [6.07, 6.45) is 0.173. The topological polar surface area (TPSA) is 66.4 Å². The van der Waals surface area contributed by atoms with E-state index in [-0.39, 0.29) is 10.8 Å². The molecule has 1 saturated carbocycles. The molecular weight excluding hydrogens is 370 g/mol. The Morgan fingerprint density at radius 2 is 1.57 bits per heavy atom. The van der Waals surface area contributed by atoms with E-state index >= 15 is 0 Å². The number of para-hydroxylation sites is 1. The maximum atomic E-state index is 12.8. The summed E-state index contributed by atoms with van der Waals surface area (Å²) in [5.41, 5.74) is 3.25. The average Bonchev–Trinajstić information content (AvgIpc) is 3.49. The first-order valence-electron chi connectivity index (χ1n) is 9.37. The molecule has 3 unspecified atom stereocenters. The highest BCUT2D eigenvalue weighted by atomic mass is 32.2.